The molecular formula is C18H22N2O3S. The van der Waals surface area contributed by atoms with Crippen LogP contribution in [0.4, 0.5) is 5.69 Å². The zero-order chi connectivity index (χ0) is 17.7. The topological polar surface area (TPSA) is 58.6 Å². The van der Waals surface area contributed by atoms with Crippen molar-refractivity contribution in [3.63, 3.8) is 0 Å². The minimum absolute atomic E-state index is 0.275. The molecule has 2 rings (SSSR count). The summed E-state index contributed by atoms with van der Waals surface area (Å²) < 4.78 is 5.07. The molecule has 0 radical (unpaired) electrons. The van der Waals surface area contributed by atoms with Crippen molar-refractivity contribution in [3.05, 3.63) is 51.2 Å². The van der Waals surface area contributed by atoms with E-state index < -0.39 is 5.97 Å². The molecule has 24 heavy (non-hydrogen) atoms. The maximum Gasteiger partial charge on any atom is 0.339 e. The van der Waals surface area contributed by atoms with Gasteiger partial charge in [-0.15, -0.1) is 11.3 Å². The highest BCUT2D eigenvalue weighted by Gasteiger charge is 2.14. The average Bonchev–Trinajstić information content (AvgIpc) is 2.89. The van der Waals surface area contributed by atoms with Crippen molar-refractivity contribution in [3.8, 4) is 0 Å². The summed E-state index contributed by atoms with van der Waals surface area (Å²) in [6.45, 7) is 3.93. The van der Waals surface area contributed by atoms with Gasteiger partial charge in [0.2, 0.25) is 0 Å². The lowest BCUT2D eigenvalue weighted by Gasteiger charge is -2.13. The third-order valence-electron chi connectivity index (χ3n) is 3.54. The van der Waals surface area contributed by atoms with Gasteiger partial charge in [0.05, 0.1) is 5.56 Å². The van der Waals surface area contributed by atoms with Gasteiger partial charge in [0.15, 0.2) is 6.61 Å². The Hall–Kier alpha value is -2.34. The first-order valence-corrected chi connectivity index (χ1v) is 8.45. The number of benzene rings is 1. The zero-order valence-corrected chi connectivity index (χ0v) is 15.2. The average molecular weight is 346 g/mol. The number of rotatable bonds is 6. The lowest BCUT2D eigenvalue weighted by atomic mass is 10.2. The van der Waals surface area contributed by atoms with Crippen molar-refractivity contribution >= 4 is 28.9 Å². The first-order chi connectivity index (χ1) is 11.4. The Morgan fingerprint density at radius 1 is 1.17 bits per heavy atom. The number of aryl methyl sites for hydroxylation is 2. The fourth-order valence-corrected chi connectivity index (χ4v) is 3.12. The summed E-state index contributed by atoms with van der Waals surface area (Å²) in [4.78, 5) is 27.7. The maximum atomic E-state index is 12.0. The summed E-state index contributed by atoms with van der Waals surface area (Å²) in [5.74, 6) is -0.771. The van der Waals surface area contributed by atoms with Gasteiger partial charge >= 0.3 is 5.97 Å². The molecule has 5 nitrogen and oxygen atoms in total. The number of thiophene rings is 1. The molecule has 0 spiro atoms. The Morgan fingerprint density at radius 3 is 2.38 bits per heavy atom. The van der Waals surface area contributed by atoms with Gasteiger partial charge in [-0.3, -0.25) is 4.79 Å². The Labute approximate surface area is 146 Å². The van der Waals surface area contributed by atoms with E-state index in [0.29, 0.717) is 12.1 Å². The first kappa shape index (κ1) is 18.0. The highest BCUT2D eigenvalue weighted by Crippen LogP contribution is 2.21. The van der Waals surface area contributed by atoms with Gasteiger partial charge < -0.3 is 15.0 Å². The molecule has 0 aliphatic heterocycles. The van der Waals surface area contributed by atoms with Gasteiger partial charge in [-0.2, -0.15) is 0 Å². The third kappa shape index (κ3) is 4.83. The molecular weight excluding hydrogens is 324 g/mol. The van der Waals surface area contributed by atoms with Crippen molar-refractivity contribution in [2.45, 2.75) is 20.4 Å². The van der Waals surface area contributed by atoms with Crippen LogP contribution < -0.4 is 10.2 Å². The summed E-state index contributed by atoms with van der Waals surface area (Å²) in [7, 11) is 3.95. The van der Waals surface area contributed by atoms with E-state index in [-0.39, 0.29) is 12.5 Å². The van der Waals surface area contributed by atoms with Gasteiger partial charge in [0.25, 0.3) is 5.91 Å². The van der Waals surface area contributed by atoms with Crippen molar-refractivity contribution in [1.82, 2.24) is 5.32 Å². The number of carbonyl (C=O) groups is 2. The Morgan fingerprint density at radius 2 is 1.83 bits per heavy atom. The second kappa shape index (κ2) is 7.97. The number of nitrogens with zero attached hydrogens (tertiary/aromatic N) is 1. The maximum absolute atomic E-state index is 12.0. The second-order valence-corrected chi connectivity index (χ2v) is 7.20. The van der Waals surface area contributed by atoms with Gasteiger partial charge in [0, 0.05) is 36.1 Å². The van der Waals surface area contributed by atoms with Crippen molar-refractivity contribution < 1.29 is 14.3 Å². The Bertz CT molecular complexity index is 720. The van der Waals surface area contributed by atoms with E-state index in [2.05, 4.69) is 5.32 Å². The van der Waals surface area contributed by atoms with Gasteiger partial charge in [0.1, 0.15) is 0 Å². The van der Waals surface area contributed by atoms with Crippen molar-refractivity contribution in [2.24, 2.45) is 0 Å². The zero-order valence-electron chi connectivity index (χ0n) is 14.4. The standard InChI is InChI=1S/C18H22N2O3S/c1-12-9-16(13(2)24-12)18(22)23-11-17(21)19-10-14-5-7-15(8-6-14)20(3)4/h5-9H,10-11H2,1-4H3,(H,19,21). The van der Waals surface area contributed by atoms with Crippen molar-refractivity contribution in [2.75, 3.05) is 25.6 Å². The molecule has 0 saturated carbocycles. The molecule has 1 N–H and O–H groups in total. The number of amides is 1. The fourth-order valence-electron chi connectivity index (χ4n) is 2.21. The van der Waals surface area contributed by atoms with Crippen LogP contribution in [0.5, 0.6) is 0 Å². The van der Waals surface area contributed by atoms with E-state index in [4.69, 9.17) is 4.74 Å². The highest BCUT2D eigenvalue weighted by atomic mass is 32.1. The van der Waals surface area contributed by atoms with Crippen LogP contribution in [0, 0.1) is 13.8 Å². The van der Waals surface area contributed by atoms with Crippen LogP contribution in [0.15, 0.2) is 30.3 Å². The molecule has 128 valence electrons. The molecule has 1 heterocycles. The van der Waals surface area contributed by atoms with E-state index in [9.17, 15) is 9.59 Å². The Kier molecular flexibility index (Phi) is 5.98. The number of carbonyl (C=O) groups excluding carboxylic acids is 2. The van der Waals surface area contributed by atoms with Crippen LogP contribution in [0.1, 0.15) is 25.7 Å². The minimum atomic E-state index is -0.456. The minimum Gasteiger partial charge on any atom is -0.452 e. The van der Waals surface area contributed by atoms with Crippen LogP contribution in [-0.2, 0) is 16.1 Å². The molecule has 0 atom stereocenters. The SMILES string of the molecule is Cc1cc(C(=O)OCC(=O)NCc2ccc(N(C)C)cc2)c(C)s1. The number of anilines is 1. The second-order valence-electron chi connectivity index (χ2n) is 5.74. The van der Waals surface area contributed by atoms with Gasteiger partial charge in [-0.25, -0.2) is 4.79 Å². The number of hydrogen-bond donors (Lipinski definition) is 1. The normalized spacial score (nSPS) is 10.3. The van der Waals surface area contributed by atoms with E-state index in [1.54, 1.807) is 6.07 Å². The lowest BCUT2D eigenvalue weighted by Crippen LogP contribution is -2.28. The van der Waals surface area contributed by atoms with Crippen LogP contribution in [-0.4, -0.2) is 32.6 Å². The molecule has 1 aromatic carbocycles. The number of hydrogen-bond acceptors (Lipinski definition) is 5. The van der Waals surface area contributed by atoms with Crippen LogP contribution in [0.2, 0.25) is 0 Å². The molecule has 0 bridgehead atoms. The molecule has 0 aliphatic carbocycles. The molecule has 6 heteroatoms. The predicted molar refractivity (Wildman–Crippen MR) is 96.7 cm³/mol. The number of esters is 1. The molecule has 1 aromatic heterocycles. The number of ether oxygens (including phenoxy) is 1. The first-order valence-electron chi connectivity index (χ1n) is 7.64. The van der Waals surface area contributed by atoms with Gasteiger partial charge in [-0.1, -0.05) is 12.1 Å². The molecule has 1 amide bonds. The summed E-state index contributed by atoms with van der Waals surface area (Å²) >= 11 is 1.54. The van der Waals surface area contributed by atoms with E-state index in [0.717, 1.165) is 21.0 Å². The molecule has 0 aliphatic rings. The predicted octanol–water partition coefficient (Wildman–Crippen LogP) is 2.90. The largest absolute Gasteiger partial charge is 0.452 e. The van der Waals surface area contributed by atoms with Gasteiger partial charge in [-0.05, 0) is 37.6 Å². The van der Waals surface area contributed by atoms with E-state index in [1.165, 1.54) is 11.3 Å². The summed E-state index contributed by atoms with van der Waals surface area (Å²) in [5, 5.41) is 2.75. The third-order valence-corrected chi connectivity index (χ3v) is 4.50. The number of nitrogens with one attached hydrogen (secondary N) is 1. The fraction of sp³-hybridized carbons (Fsp3) is 0.333. The Balaban J connectivity index is 1.79. The molecule has 0 unspecified atom stereocenters. The van der Waals surface area contributed by atoms with Crippen LogP contribution >= 0.6 is 11.3 Å². The van der Waals surface area contributed by atoms with Crippen LogP contribution in [0.25, 0.3) is 0 Å². The molecule has 0 fully saturated rings. The quantitative estimate of drug-likeness (QED) is 0.817. The summed E-state index contributed by atoms with van der Waals surface area (Å²) in [6, 6.07) is 9.68. The molecule has 0 saturated heterocycles. The summed E-state index contributed by atoms with van der Waals surface area (Å²) in [5.41, 5.74) is 2.62. The van der Waals surface area contributed by atoms with E-state index in [1.807, 2.05) is 57.1 Å². The lowest BCUT2D eigenvalue weighted by molar-refractivity contribution is -0.124. The van der Waals surface area contributed by atoms with Crippen molar-refractivity contribution in [1.29, 1.82) is 0 Å². The smallest absolute Gasteiger partial charge is 0.339 e. The highest BCUT2D eigenvalue weighted by molar-refractivity contribution is 7.12. The summed E-state index contributed by atoms with van der Waals surface area (Å²) in [6.07, 6.45) is 0. The van der Waals surface area contributed by atoms with Crippen LogP contribution in [0.3, 0.4) is 0 Å². The monoisotopic (exact) mass is 346 g/mol. The molecule has 2 aromatic rings. The van der Waals surface area contributed by atoms with E-state index >= 15 is 0 Å².